The number of methoxy groups -OCH3 is 1. The molecule has 0 aliphatic carbocycles. The number of ether oxygens (including phenoxy) is 1. The van der Waals surface area contributed by atoms with Crippen LogP contribution in [-0.2, 0) is 19.6 Å². The van der Waals surface area contributed by atoms with Gasteiger partial charge < -0.3 is 9.84 Å². The topological polar surface area (TPSA) is 92.7 Å². The van der Waals surface area contributed by atoms with E-state index < -0.39 is 27.9 Å². The van der Waals surface area contributed by atoms with E-state index in [-0.39, 0.29) is 29.0 Å². The summed E-state index contributed by atoms with van der Waals surface area (Å²) in [6, 6.07) is 2.26. The Hall–Kier alpha value is -1.51. The minimum atomic E-state index is -3.87. The van der Waals surface area contributed by atoms with Crippen molar-refractivity contribution in [2.45, 2.75) is 31.3 Å². The average Bonchev–Trinajstić information content (AvgIpc) is 2.32. The largest absolute Gasteiger partial charge is 0.481 e. The number of rotatable bonds is 7. The van der Waals surface area contributed by atoms with Gasteiger partial charge in [-0.1, -0.05) is 0 Å². The number of carbonyl (C=O) groups is 1. The smallest absolute Gasteiger partial charge is 0.306 e. The van der Waals surface area contributed by atoms with Crippen LogP contribution < -0.4 is 4.72 Å². The molecule has 0 saturated heterocycles. The molecule has 21 heavy (non-hydrogen) atoms. The van der Waals surface area contributed by atoms with E-state index in [4.69, 9.17) is 9.84 Å². The van der Waals surface area contributed by atoms with E-state index >= 15 is 0 Å². The number of hydrogen-bond donors (Lipinski definition) is 2. The summed E-state index contributed by atoms with van der Waals surface area (Å²) < 4.78 is 44.9. The number of carboxylic acid groups (broad SMARTS) is 1. The molecule has 1 aromatic rings. The quantitative estimate of drug-likeness (QED) is 0.788. The van der Waals surface area contributed by atoms with Crippen molar-refractivity contribution in [1.82, 2.24) is 4.72 Å². The van der Waals surface area contributed by atoms with E-state index in [2.05, 4.69) is 4.72 Å². The van der Waals surface area contributed by atoms with Crippen LogP contribution in [0.5, 0.6) is 0 Å². The Balaban J connectivity index is 2.95. The van der Waals surface area contributed by atoms with Crippen LogP contribution in [0.25, 0.3) is 0 Å². The van der Waals surface area contributed by atoms with E-state index in [0.717, 1.165) is 12.1 Å². The zero-order valence-corrected chi connectivity index (χ0v) is 12.8. The second kappa shape index (κ2) is 6.97. The summed E-state index contributed by atoms with van der Waals surface area (Å²) in [6.07, 6.45) is -1.10. The standard InChI is InChI=1S/C13H18FNO5S/c1-8-4-10(14)5-9(2)13(8)21(18,19)15-7-11(20-3)6-12(16)17/h4-5,11,15H,6-7H2,1-3H3,(H,16,17). The van der Waals surface area contributed by atoms with Gasteiger partial charge in [0.15, 0.2) is 0 Å². The van der Waals surface area contributed by atoms with Gasteiger partial charge in [-0.3, -0.25) is 4.79 Å². The first-order valence-corrected chi connectivity index (χ1v) is 7.66. The fourth-order valence-corrected chi connectivity index (χ4v) is 3.54. The fraction of sp³-hybridized carbons (Fsp3) is 0.462. The summed E-state index contributed by atoms with van der Waals surface area (Å²) in [7, 11) is -2.57. The molecule has 0 bridgehead atoms. The maximum Gasteiger partial charge on any atom is 0.306 e. The summed E-state index contributed by atoms with van der Waals surface area (Å²) in [5, 5.41) is 8.68. The number of halogens is 1. The van der Waals surface area contributed by atoms with Crippen molar-refractivity contribution in [3.05, 3.63) is 29.1 Å². The number of aliphatic carboxylic acids is 1. The Morgan fingerprint density at radius 2 is 1.90 bits per heavy atom. The first-order valence-electron chi connectivity index (χ1n) is 6.18. The van der Waals surface area contributed by atoms with Gasteiger partial charge in [-0.05, 0) is 37.1 Å². The maximum absolute atomic E-state index is 13.2. The van der Waals surface area contributed by atoms with Gasteiger partial charge in [0.25, 0.3) is 0 Å². The zero-order valence-electron chi connectivity index (χ0n) is 12.0. The monoisotopic (exact) mass is 319 g/mol. The first-order chi connectivity index (χ1) is 9.67. The van der Waals surface area contributed by atoms with Crippen molar-refractivity contribution < 1.29 is 27.4 Å². The number of benzene rings is 1. The molecule has 0 saturated carbocycles. The van der Waals surface area contributed by atoms with Crippen LogP contribution in [0.1, 0.15) is 17.5 Å². The van der Waals surface area contributed by atoms with Crippen LogP contribution in [0.2, 0.25) is 0 Å². The van der Waals surface area contributed by atoms with Crippen LogP contribution in [-0.4, -0.2) is 39.3 Å². The third-order valence-corrected chi connectivity index (χ3v) is 4.66. The lowest BCUT2D eigenvalue weighted by Gasteiger charge is -2.16. The predicted molar refractivity (Wildman–Crippen MR) is 74.1 cm³/mol. The molecule has 118 valence electrons. The molecule has 0 radical (unpaired) electrons. The summed E-state index contributed by atoms with van der Waals surface area (Å²) >= 11 is 0. The number of aryl methyl sites for hydroxylation is 2. The molecule has 1 unspecified atom stereocenters. The molecular weight excluding hydrogens is 301 g/mol. The van der Waals surface area contributed by atoms with Gasteiger partial charge in [0.05, 0.1) is 17.4 Å². The van der Waals surface area contributed by atoms with Gasteiger partial charge in [-0.15, -0.1) is 0 Å². The predicted octanol–water partition coefficient (Wildman–Crippen LogP) is 1.21. The molecule has 6 nitrogen and oxygen atoms in total. The Labute approximate surface area is 123 Å². The number of hydrogen-bond acceptors (Lipinski definition) is 4. The Bertz CT molecular complexity index is 606. The van der Waals surface area contributed by atoms with Crippen LogP contribution >= 0.6 is 0 Å². The average molecular weight is 319 g/mol. The third kappa shape index (κ3) is 4.76. The van der Waals surface area contributed by atoms with Crippen LogP contribution in [0.15, 0.2) is 17.0 Å². The highest BCUT2D eigenvalue weighted by Gasteiger charge is 2.22. The van der Waals surface area contributed by atoms with Gasteiger partial charge in [0, 0.05) is 13.7 Å². The van der Waals surface area contributed by atoms with E-state index in [1.54, 1.807) is 0 Å². The molecule has 1 rings (SSSR count). The third-order valence-electron chi connectivity index (χ3n) is 2.93. The fourth-order valence-electron chi connectivity index (χ4n) is 2.03. The van der Waals surface area contributed by atoms with Crippen LogP contribution in [0.4, 0.5) is 4.39 Å². The highest BCUT2D eigenvalue weighted by molar-refractivity contribution is 7.89. The van der Waals surface area contributed by atoms with Crippen LogP contribution in [0, 0.1) is 19.7 Å². The van der Waals surface area contributed by atoms with Crippen molar-refractivity contribution >= 4 is 16.0 Å². The minimum Gasteiger partial charge on any atom is -0.481 e. The Kier molecular flexibility index (Phi) is 5.82. The molecule has 8 heteroatoms. The van der Waals surface area contributed by atoms with E-state index in [1.165, 1.54) is 21.0 Å². The van der Waals surface area contributed by atoms with Gasteiger partial charge in [-0.25, -0.2) is 17.5 Å². The number of sulfonamides is 1. The lowest BCUT2D eigenvalue weighted by atomic mass is 10.1. The molecule has 0 spiro atoms. The van der Waals surface area contributed by atoms with Crippen molar-refractivity contribution in [2.24, 2.45) is 0 Å². The molecule has 1 atom stereocenters. The Morgan fingerprint density at radius 1 is 1.38 bits per heavy atom. The van der Waals surface area contributed by atoms with Gasteiger partial charge in [0.2, 0.25) is 10.0 Å². The van der Waals surface area contributed by atoms with Crippen molar-refractivity contribution in [2.75, 3.05) is 13.7 Å². The highest BCUT2D eigenvalue weighted by atomic mass is 32.2. The normalized spacial score (nSPS) is 13.1. The molecule has 0 fully saturated rings. The molecule has 1 aromatic carbocycles. The second-order valence-electron chi connectivity index (χ2n) is 4.68. The van der Waals surface area contributed by atoms with E-state index in [1.807, 2.05) is 0 Å². The molecule has 0 amide bonds. The lowest BCUT2D eigenvalue weighted by molar-refractivity contribution is -0.139. The summed E-state index contributed by atoms with van der Waals surface area (Å²) in [5.41, 5.74) is 0.569. The summed E-state index contributed by atoms with van der Waals surface area (Å²) in [4.78, 5) is 10.6. The SMILES string of the molecule is COC(CNS(=O)(=O)c1c(C)cc(F)cc1C)CC(=O)O. The van der Waals surface area contributed by atoms with Gasteiger partial charge in [-0.2, -0.15) is 0 Å². The molecule has 0 aliphatic heterocycles. The number of nitrogens with one attached hydrogen (secondary N) is 1. The Morgan fingerprint density at radius 3 is 2.33 bits per heavy atom. The molecule has 0 heterocycles. The van der Waals surface area contributed by atoms with Gasteiger partial charge in [0.1, 0.15) is 5.82 Å². The molecule has 2 N–H and O–H groups in total. The van der Waals surface area contributed by atoms with Crippen molar-refractivity contribution in [1.29, 1.82) is 0 Å². The molecule has 0 aromatic heterocycles. The molecule has 0 aliphatic rings. The van der Waals surface area contributed by atoms with E-state index in [0.29, 0.717) is 0 Å². The minimum absolute atomic E-state index is 0.00548. The van der Waals surface area contributed by atoms with Crippen molar-refractivity contribution in [3.63, 3.8) is 0 Å². The second-order valence-corrected chi connectivity index (χ2v) is 6.38. The maximum atomic E-state index is 13.2. The zero-order chi connectivity index (χ0) is 16.2. The summed E-state index contributed by atoms with van der Waals surface area (Å²) in [5.74, 6) is -1.60. The molecular formula is C13H18FNO5S. The lowest BCUT2D eigenvalue weighted by Crippen LogP contribution is -2.35. The highest BCUT2D eigenvalue weighted by Crippen LogP contribution is 2.21. The first kappa shape index (κ1) is 17.5. The summed E-state index contributed by atoms with van der Waals surface area (Å²) in [6.45, 7) is 2.81. The van der Waals surface area contributed by atoms with Crippen LogP contribution in [0.3, 0.4) is 0 Å². The van der Waals surface area contributed by atoms with E-state index in [9.17, 15) is 17.6 Å². The van der Waals surface area contributed by atoms with Crippen molar-refractivity contribution in [3.8, 4) is 0 Å². The van der Waals surface area contributed by atoms with Gasteiger partial charge >= 0.3 is 5.97 Å². The number of carboxylic acids is 1.